The molecule has 3 aromatic rings. The molecule has 0 unspecified atom stereocenters. The highest BCUT2D eigenvalue weighted by atomic mass is 35.5. The minimum atomic E-state index is 0.207. The second-order valence-corrected chi connectivity index (χ2v) is 7.40. The van der Waals surface area contributed by atoms with Crippen molar-refractivity contribution >= 4 is 23.0 Å². The summed E-state index contributed by atoms with van der Waals surface area (Å²) >= 11 is 6.13. The van der Waals surface area contributed by atoms with E-state index in [1.807, 2.05) is 18.2 Å². The van der Waals surface area contributed by atoms with E-state index in [-0.39, 0.29) is 6.04 Å². The van der Waals surface area contributed by atoms with Crippen molar-refractivity contribution in [3.8, 4) is 0 Å². The van der Waals surface area contributed by atoms with Gasteiger partial charge in [0.2, 0.25) is 0 Å². The number of anilines is 1. The maximum atomic E-state index is 6.13. The Morgan fingerprint density at radius 2 is 1.58 bits per heavy atom. The summed E-state index contributed by atoms with van der Waals surface area (Å²) in [7, 11) is 0. The summed E-state index contributed by atoms with van der Waals surface area (Å²) in [6, 6.07) is 27.6. The molecule has 2 atom stereocenters. The van der Waals surface area contributed by atoms with Crippen molar-refractivity contribution in [1.82, 2.24) is 0 Å². The molecule has 1 aliphatic heterocycles. The van der Waals surface area contributed by atoms with Crippen molar-refractivity contribution < 1.29 is 0 Å². The van der Waals surface area contributed by atoms with Crippen LogP contribution >= 0.6 is 11.6 Å². The molecule has 128 valence electrons. The van der Waals surface area contributed by atoms with Gasteiger partial charge < -0.3 is 0 Å². The Balaban J connectivity index is 1.65. The number of rotatable bonds is 2. The number of aryl methyl sites for hydroxylation is 1. The average Bonchev–Trinajstić information content (AvgIpc) is 3.09. The first kappa shape index (κ1) is 15.7. The zero-order chi connectivity index (χ0) is 17.5. The van der Waals surface area contributed by atoms with Crippen molar-refractivity contribution in [3.63, 3.8) is 0 Å². The molecule has 2 nitrogen and oxygen atoms in total. The fourth-order valence-corrected chi connectivity index (χ4v) is 4.38. The summed E-state index contributed by atoms with van der Waals surface area (Å²) < 4.78 is 0. The maximum absolute atomic E-state index is 6.13. The quantitative estimate of drug-likeness (QED) is 0.559. The molecule has 3 heteroatoms. The first-order valence-electron chi connectivity index (χ1n) is 9.08. The number of benzene rings is 3. The molecule has 0 spiro atoms. The van der Waals surface area contributed by atoms with E-state index < -0.39 is 0 Å². The van der Waals surface area contributed by atoms with Crippen LogP contribution in [0.1, 0.15) is 29.2 Å². The monoisotopic (exact) mass is 358 g/mol. The van der Waals surface area contributed by atoms with E-state index in [4.69, 9.17) is 16.7 Å². The number of hydrogen-bond donors (Lipinski definition) is 0. The molecular formula is C23H19ClN2. The number of fused-ring (bicyclic) bond motifs is 3. The molecule has 0 N–H and O–H groups in total. The van der Waals surface area contributed by atoms with Crippen LogP contribution in [0, 0.1) is 5.92 Å². The van der Waals surface area contributed by atoms with Crippen LogP contribution in [0.2, 0.25) is 5.02 Å². The topological polar surface area (TPSA) is 15.6 Å². The summed E-state index contributed by atoms with van der Waals surface area (Å²) in [5.41, 5.74) is 6.33. The summed E-state index contributed by atoms with van der Waals surface area (Å²) in [6.45, 7) is 0. The van der Waals surface area contributed by atoms with Crippen molar-refractivity contribution in [2.75, 3.05) is 5.01 Å². The van der Waals surface area contributed by atoms with Crippen molar-refractivity contribution in [3.05, 3.63) is 101 Å². The largest absolute Gasteiger partial charge is 0.257 e. The van der Waals surface area contributed by atoms with Gasteiger partial charge in [0.15, 0.2) is 0 Å². The van der Waals surface area contributed by atoms with Gasteiger partial charge in [-0.25, -0.2) is 0 Å². The van der Waals surface area contributed by atoms with Gasteiger partial charge in [0.25, 0.3) is 0 Å². The van der Waals surface area contributed by atoms with Crippen LogP contribution in [0.25, 0.3) is 0 Å². The minimum Gasteiger partial charge on any atom is -0.257 e. The van der Waals surface area contributed by atoms with Crippen LogP contribution in [-0.4, -0.2) is 5.71 Å². The molecule has 1 aliphatic carbocycles. The van der Waals surface area contributed by atoms with Crippen molar-refractivity contribution in [2.24, 2.45) is 11.0 Å². The van der Waals surface area contributed by atoms with Gasteiger partial charge in [-0.05, 0) is 48.2 Å². The first-order valence-corrected chi connectivity index (χ1v) is 9.45. The lowest BCUT2D eigenvalue weighted by Gasteiger charge is -2.30. The number of nitrogens with zero attached hydrogens (tertiary/aromatic N) is 2. The SMILES string of the molecule is Clc1ccc([C@H]2[C@@H]3CCc4ccccc4C3=NN2c2ccccc2)cc1. The normalized spacial score (nSPS) is 21.1. The number of hydrogen-bond acceptors (Lipinski definition) is 2. The zero-order valence-electron chi connectivity index (χ0n) is 14.3. The second-order valence-electron chi connectivity index (χ2n) is 6.96. The van der Waals surface area contributed by atoms with E-state index in [1.54, 1.807) is 0 Å². The molecule has 0 radical (unpaired) electrons. The van der Waals surface area contributed by atoms with Crippen LogP contribution in [0.3, 0.4) is 0 Å². The molecule has 26 heavy (non-hydrogen) atoms. The van der Waals surface area contributed by atoms with Crippen LogP contribution in [0.15, 0.2) is 84.0 Å². The smallest absolute Gasteiger partial charge is 0.0860 e. The van der Waals surface area contributed by atoms with Gasteiger partial charge in [-0.2, -0.15) is 5.10 Å². The standard InChI is InChI=1S/C23H19ClN2/c24-18-13-10-17(11-14-18)23-21-15-12-16-6-4-5-9-20(16)22(21)25-26(23)19-7-2-1-3-8-19/h1-11,13-14,21,23H,12,15H2/t21-,23+/m1/s1. The summed E-state index contributed by atoms with van der Waals surface area (Å²) in [5, 5.41) is 8.09. The Morgan fingerprint density at radius 3 is 2.38 bits per heavy atom. The fraction of sp³-hybridized carbons (Fsp3) is 0.174. The zero-order valence-corrected chi connectivity index (χ0v) is 15.1. The summed E-state index contributed by atoms with van der Waals surface area (Å²) in [5.74, 6) is 0.395. The van der Waals surface area contributed by atoms with Gasteiger partial charge in [-0.15, -0.1) is 0 Å². The predicted molar refractivity (Wildman–Crippen MR) is 108 cm³/mol. The number of para-hydroxylation sites is 1. The molecule has 0 saturated heterocycles. The second kappa shape index (κ2) is 6.30. The van der Waals surface area contributed by atoms with Gasteiger partial charge in [0.05, 0.1) is 17.4 Å². The molecule has 0 fully saturated rings. The lowest BCUT2D eigenvalue weighted by molar-refractivity contribution is 0.510. The number of halogens is 1. The van der Waals surface area contributed by atoms with Gasteiger partial charge in [0, 0.05) is 16.5 Å². The van der Waals surface area contributed by atoms with Crippen LogP contribution in [0.4, 0.5) is 5.69 Å². The Morgan fingerprint density at radius 1 is 0.846 bits per heavy atom. The fourth-order valence-electron chi connectivity index (χ4n) is 4.25. The predicted octanol–water partition coefficient (Wildman–Crippen LogP) is 5.87. The maximum Gasteiger partial charge on any atom is 0.0860 e. The Bertz CT molecular complexity index is 963. The molecule has 2 aliphatic rings. The van der Waals surface area contributed by atoms with Crippen LogP contribution in [-0.2, 0) is 6.42 Å². The third kappa shape index (κ3) is 2.53. The molecule has 0 bridgehead atoms. The van der Waals surface area contributed by atoms with E-state index in [0.717, 1.165) is 23.6 Å². The van der Waals surface area contributed by atoms with Crippen LogP contribution < -0.4 is 5.01 Å². The third-order valence-electron chi connectivity index (χ3n) is 5.46. The molecule has 5 rings (SSSR count). The van der Waals surface area contributed by atoms with Gasteiger partial charge in [-0.1, -0.05) is 66.2 Å². The Kier molecular flexibility index (Phi) is 3.79. The van der Waals surface area contributed by atoms with Gasteiger partial charge in [0.1, 0.15) is 0 Å². The average molecular weight is 359 g/mol. The molecule has 3 aromatic carbocycles. The highest BCUT2D eigenvalue weighted by Crippen LogP contribution is 2.45. The van der Waals surface area contributed by atoms with Crippen LogP contribution in [0.5, 0.6) is 0 Å². The minimum absolute atomic E-state index is 0.207. The molecule has 1 heterocycles. The van der Waals surface area contributed by atoms with Gasteiger partial charge >= 0.3 is 0 Å². The molecule has 0 saturated carbocycles. The van der Waals surface area contributed by atoms with E-state index >= 15 is 0 Å². The Hall–Kier alpha value is -2.58. The highest BCUT2D eigenvalue weighted by molar-refractivity contribution is 6.30. The highest BCUT2D eigenvalue weighted by Gasteiger charge is 2.41. The van der Waals surface area contributed by atoms with Crippen molar-refractivity contribution in [2.45, 2.75) is 18.9 Å². The summed E-state index contributed by atoms with van der Waals surface area (Å²) in [4.78, 5) is 0. The van der Waals surface area contributed by atoms with Crippen molar-refractivity contribution in [1.29, 1.82) is 0 Å². The molecular weight excluding hydrogens is 340 g/mol. The Labute approximate surface area is 158 Å². The van der Waals surface area contributed by atoms with E-state index in [2.05, 4.69) is 65.7 Å². The summed E-state index contributed by atoms with van der Waals surface area (Å²) in [6.07, 6.45) is 2.22. The van der Waals surface area contributed by atoms with Gasteiger partial charge in [-0.3, -0.25) is 5.01 Å². The van der Waals surface area contributed by atoms with E-state index in [1.165, 1.54) is 22.4 Å². The van der Waals surface area contributed by atoms with E-state index in [9.17, 15) is 0 Å². The lowest BCUT2D eigenvalue weighted by atomic mass is 9.77. The molecule has 0 aromatic heterocycles. The lowest BCUT2D eigenvalue weighted by Crippen LogP contribution is -2.28. The number of hydrazone groups is 1. The molecule has 0 amide bonds. The first-order chi connectivity index (χ1) is 12.8. The third-order valence-corrected chi connectivity index (χ3v) is 5.71. The van der Waals surface area contributed by atoms with E-state index in [0.29, 0.717) is 5.92 Å².